The lowest BCUT2D eigenvalue weighted by molar-refractivity contribution is 0.0934. The molecule has 0 aliphatic rings. The second-order valence-electron chi connectivity index (χ2n) is 6.43. The van der Waals surface area contributed by atoms with Crippen LogP contribution in [0.25, 0.3) is 5.69 Å². The van der Waals surface area contributed by atoms with Gasteiger partial charge in [0.25, 0.3) is 5.91 Å². The number of nitrogens with zero attached hydrogens (tertiary/aromatic N) is 2. The fraction of sp³-hybridized carbons (Fsp3) is 0.238. The number of carbonyl (C=O) groups is 1. The van der Waals surface area contributed by atoms with Crippen LogP contribution in [0.3, 0.4) is 0 Å². The van der Waals surface area contributed by atoms with E-state index in [2.05, 4.69) is 10.4 Å². The Morgan fingerprint density at radius 2 is 1.77 bits per heavy atom. The Kier molecular flexibility index (Phi) is 5.07. The quantitative estimate of drug-likeness (QED) is 0.758. The number of nitrogens with one attached hydrogen (secondary N) is 1. The smallest absolute Gasteiger partial charge is 0.272 e. The maximum Gasteiger partial charge on any atom is 0.272 e. The molecule has 0 saturated heterocycles. The second-order valence-corrected chi connectivity index (χ2v) is 6.43. The van der Waals surface area contributed by atoms with Gasteiger partial charge < -0.3 is 10.1 Å². The molecular weight excluding hydrogens is 326 g/mol. The number of aromatic nitrogens is 2. The summed E-state index contributed by atoms with van der Waals surface area (Å²) in [6.07, 6.45) is 1.77. The predicted octanol–water partition coefficient (Wildman–Crippen LogP) is 3.99. The SMILES string of the molecule is COc1ccc(C)cc1-n1ccc(C(=O)NC(C)c2ccc(C)cc2)n1. The number of ether oxygens (including phenoxy) is 1. The van der Waals surface area contributed by atoms with E-state index < -0.39 is 0 Å². The monoisotopic (exact) mass is 349 g/mol. The van der Waals surface area contributed by atoms with Crippen molar-refractivity contribution in [2.75, 3.05) is 7.11 Å². The van der Waals surface area contributed by atoms with Crippen molar-refractivity contribution in [3.8, 4) is 11.4 Å². The molecule has 0 aliphatic carbocycles. The third kappa shape index (κ3) is 3.77. The van der Waals surface area contributed by atoms with Gasteiger partial charge in [-0.3, -0.25) is 4.79 Å². The molecule has 0 aliphatic heterocycles. The second kappa shape index (κ2) is 7.44. The van der Waals surface area contributed by atoms with Crippen LogP contribution >= 0.6 is 0 Å². The van der Waals surface area contributed by atoms with Crippen molar-refractivity contribution in [2.45, 2.75) is 26.8 Å². The van der Waals surface area contributed by atoms with E-state index in [1.54, 1.807) is 24.1 Å². The fourth-order valence-electron chi connectivity index (χ4n) is 2.77. The summed E-state index contributed by atoms with van der Waals surface area (Å²) < 4.78 is 7.06. The van der Waals surface area contributed by atoms with Crippen LogP contribution in [0.15, 0.2) is 54.7 Å². The summed E-state index contributed by atoms with van der Waals surface area (Å²) in [4.78, 5) is 12.5. The Hall–Kier alpha value is -3.08. The molecule has 134 valence electrons. The largest absolute Gasteiger partial charge is 0.494 e. The molecule has 0 fully saturated rings. The summed E-state index contributed by atoms with van der Waals surface area (Å²) in [6.45, 7) is 6.01. The molecule has 5 heteroatoms. The van der Waals surface area contributed by atoms with Crippen molar-refractivity contribution in [1.82, 2.24) is 15.1 Å². The van der Waals surface area contributed by atoms with Crippen molar-refractivity contribution in [1.29, 1.82) is 0 Å². The highest BCUT2D eigenvalue weighted by atomic mass is 16.5. The van der Waals surface area contributed by atoms with E-state index in [1.807, 2.05) is 63.2 Å². The highest BCUT2D eigenvalue weighted by Crippen LogP contribution is 2.23. The van der Waals surface area contributed by atoms with Gasteiger partial charge in [0.1, 0.15) is 11.4 Å². The van der Waals surface area contributed by atoms with E-state index in [4.69, 9.17) is 4.74 Å². The number of carbonyl (C=O) groups excluding carboxylic acids is 1. The third-order valence-corrected chi connectivity index (χ3v) is 4.33. The van der Waals surface area contributed by atoms with Gasteiger partial charge in [0.2, 0.25) is 0 Å². The number of rotatable bonds is 5. The molecule has 26 heavy (non-hydrogen) atoms. The number of methoxy groups -OCH3 is 1. The van der Waals surface area contributed by atoms with Crippen molar-refractivity contribution < 1.29 is 9.53 Å². The summed E-state index contributed by atoms with van der Waals surface area (Å²) in [5.41, 5.74) is 4.52. The molecule has 1 amide bonds. The van der Waals surface area contributed by atoms with Crippen LogP contribution in [0.4, 0.5) is 0 Å². The minimum absolute atomic E-state index is 0.0956. The van der Waals surface area contributed by atoms with E-state index >= 15 is 0 Å². The van der Waals surface area contributed by atoms with E-state index in [1.165, 1.54) is 5.56 Å². The van der Waals surface area contributed by atoms with Crippen LogP contribution < -0.4 is 10.1 Å². The van der Waals surface area contributed by atoms with Crippen LogP contribution in [-0.4, -0.2) is 22.8 Å². The van der Waals surface area contributed by atoms with Crippen LogP contribution in [0.1, 0.15) is 40.1 Å². The normalized spacial score (nSPS) is 11.8. The molecule has 2 aromatic carbocycles. The number of benzene rings is 2. The minimum Gasteiger partial charge on any atom is -0.494 e. The molecule has 1 aromatic heterocycles. The first kappa shape index (κ1) is 17.7. The lowest BCUT2D eigenvalue weighted by Crippen LogP contribution is -2.27. The van der Waals surface area contributed by atoms with E-state index in [9.17, 15) is 4.79 Å². The molecule has 1 heterocycles. The maximum atomic E-state index is 12.5. The standard InChI is InChI=1S/C21H23N3O2/c1-14-5-8-17(9-6-14)16(3)22-21(25)18-11-12-24(23-18)19-13-15(2)7-10-20(19)26-4/h5-13,16H,1-4H3,(H,22,25). The third-order valence-electron chi connectivity index (χ3n) is 4.33. The summed E-state index contributed by atoms with van der Waals surface area (Å²) >= 11 is 0. The average molecular weight is 349 g/mol. The van der Waals surface area contributed by atoms with Gasteiger partial charge in [-0.25, -0.2) is 4.68 Å². The first-order valence-electron chi connectivity index (χ1n) is 8.56. The zero-order valence-electron chi connectivity index (χ0n) is 15.5. The van der Waals surface area contributed by atoms with Gasteiger partial charge in [-0.1, -0.05) is 35.9 Å². The van der Waals surface area contributed by atoms with Gasteiger partial charge in [-0.05, 0) is 50.1 Å². The molecule has 0 spiro atoms. The highest BCUT2D eigenvalue weighted by Gasteiger charge is 2.15. The number of amides is 1. The first-order chi connectivity index (χ1) is 12.5. The lowest BCUT2D eigenvalue weighted by Gasteiger charge is -2.13. The average Bonchev–Trinajstić information content (AvgIpc) is 3.12. The molecule has 1 atom stereocenters. The molecule has 0 bridgehead atoms. The molecule has 0 saturated carbocycles. The van der Waals surface area contributed by atoms with Crippen LogP contribution in [0.5, 0.6) is 5.75 Å². The Balaban J connectivity index is 1.78. The van der Waals surface area contributed by atoms with Gasteiger partial charge in [-0.15, -0.1) is 0 Å². The number of aryl methyl sites for hydroxylation is 2. The fourth-order valence-corrected chi connectivity index (χ4v) is 2.77. The van der Waals surface area contributed by atoms with Crippen molar-refractivity contribution >= 4 is 5.91 Å². The van der Waals surface area contributed by atoms with Gasteiger partial charge >= 0.3 is 0 Å². The van der Waals surface area contributed by atoms with E-state index in [0.29, 0.717) is 11.4 Å². The molecule has 1 unspecified atom stereocenters. The van der Waals surface area contributed by atoms with Gasteiger partial charge in [0, 0.05) is 6.20 Å². The van der Waals surface area contributed by atoms with Crippen LogP contribution in [0, 0.1) is 13.8 Å². The first-order valence-corrected chi connectivity index (χ1v) is 8.56. The van der Waals surface area contributed by atoms with E-state index in [0.717, 1.165) is 16.8 Å². The van der Waals surface area contributed by atoms with Crippen molar-refractivity contribution in [3.05, 3.63) is 77.1 Å². The molecule has 3 rings (SSSR count). The number of hydrogen-bond acceptors (Lipinski definition) is 3. The van der Waals surface area contributed by atoms with Crippen molar-refractivity contribution in [3.63, 3.8) is 0 Å². The van der Waals surface area contributed by atoms with Crippen molar-refractivity contribution in [2.24, 2.45) is 0 Å². The highest BCUT2D eigenvalue weighted by molar-refractivity contribution is 5.92. The molecular formula is C21H23N3O2. The van der Waals surface area contributed by atoms with Gasteiger partial charge in [-0.2, -0.15) is 5.10 Å². The Morgan fingerprint density at radius 1 is 1.08 bits per heavy atom. The Labute approximate surface area is 153 Å². The van der Waals surface area contributed by atoms with Gasteiger partial charge in [0.05, 0.1) is 13.2 Å². The summed E-state index contributed by atoms with van der Waals surface area (Å²) in [6, 6.07) is 15.6. The molecule has 1 N–H and O–H groups in total. The molecule has 3 aromatic rings. The van der Waals surface area contributed by atoms with Crippen LogP contribution in [-0.2, 0) is 0 Å². The summed E-state index contributed by atoms with van der Waals surface area (Å²) in [5, 5.41) is 7.41. The zero-order valence-corrected chi connectivity index (χ0v) is 15.5. The lowest BCUT2D eigenvalue weighted by atomic mass is 10.1. The summed E-state index contributed by atoms with van der Waals surface area (Å²) in [5.74, 6) is 0.502. The Morgan fingerprint density at radius 3 is 2.46 bits per heavy atom. The van der Waals surface area contributed by atoms with Crippen LogP contribution in [0.2, 0.25) is 0 Å². The van der Waals surface area contributed by atoms with Gasteiger partial charge in [0.15, 0.2) is 5.69 Å². The zero-order chi connectivity index (χ0) is 18.7. The molecule has 5 nitrogen and oxygen atoms in total. The number of hydrogen-bond donors (Lipinski definition) is 1. The topological polar surface area (TPSA) is 56.1 Å². The van der Waals surface area contributed by atoms with E-state index in [-0.39, 0.29) is 11.9 Å². The maximum absolute atomic E-state index is 12.5. The molecule has 0 radical (unpaired) electrons. The predicted molar refractivity (Wildman–Crippen MR) is 102 cm³/mol. The summed E-state index contributed by atoms with van der Waals surface area (Å²) in [7, 11) is 1.62. The minimum atomic E-state index is -0.205. The Bertz CT molecular complexity index is 913.